The molecule has 1 N–H and O–H groups in total. The van der Waals surface area contributed by atoms with Crippen molar-refractivity contribution in [1.82, 2.24) is 9.55 Å². The molecule has 0 unspecified atom stereocenters. The molecule has 0 aliphatic heterocycles. The smallest absolute Gasteiger partial charge is 0.178 e. The predicted molar refractivity (Wildman–Crippen MR) is 82.2 cm³/mol. The molecule has 2 aromatic rings. The Morgan fingerprint density at radius 1 is 1.25 bits per heavy atom. The van der Waals surface area contributed by atoms with Gasteiger partial charge < -0.3 is 19.0 Å². The second-order valence-corrected chi connectivity index (χ2v) is 5.98. The number of ether oxygens (including phenoxy) is 2. The van der Waals surface area contributed by atoms with Crippen molar-refractivity contribution in [3.05, 3.63) is 16.9 Å². The minimum atomic E-state index is 0.445. The topological polar surface area (TPSA) is 39.2 Å². The van der Waals surface area contributed by atoms with E-state index in [0.29, 0.717) is 5.41 Å². The highest BCUT2D eigenvalue weighted by Gasteiger charge is 2.41. The summed E-state index contributed by atoms with van der Waals surface area (Å²) in [6.45, 7) is 3.24. The summed E-state index contributed by atoms with van der Waals surface area (Å²) in [7, 11) is 3.30. The number of methoxy groups -OCH3 is 2. The molecule has 0 saturated heterocycles. The normalized spacial score (nSPS) is 16.4. The molecule has 3 rings (SSSR count). The van der Waals surface area contributed by atoms with Crippen LogP contribution in [0.15, 0.2) is 12.1 Å². The van der Waals surface area contributed by atoms with E-state index in [1.807, 2.05) is 12.1 Å². The molecule has 0 radical (unpaired) electrons. The Labute approximate surface area is 123 Å². The molecule has 0 amide bonds. The molecule has 0 atom stereocenters. The molecule has 1 heterocycles. The number of fused-ring (bicyclic) bond motifs is 1. The maximum atomic E-state index is 5.48. The summed E-state index contributed by atoms with van der Waals surface area (Å²) in [4.78, 5) is 3.27. The van der Waals surface area contributed by atoms with E-state index in [2.05, 4.69) is 16.5 Å². The Balaban J connectivity index is 2.12. The number of H-pyrrole nitrogens is 1. The summed E-state index contributed by atoms with van der Waals surface area (Å²) in [5, 5.41) is 0. The van der Waals surface area contributed by atoms with Crippen LogP contribution in [-0.2, 0) is 6.54 Å². The summed E-state index contributed by atoms with van der Waals surface area (Å²) in [6.07, 6.45) is 3.80. The van der Waals surface area contributed by atoms with Gasteiger partial charge >= 0.3 is 0 Å². The quantitative estimate of drug-likeness (QED) is 0.849. The van der Waals surface area contributed by atoms with Crippen LogP contribution in [0.5, 0.6) is 11.5 Å². The Morgan fingerprint density at radius 2 is 1.90 bits per heavy atom. The number of aromatic nitrogens is 2. The fourth-order valence-electron chi connectivity index (χ4n) is 2.78. The van der Waals surface area contributed by atoms with Crippen molar-refractivity contribution in [2.45, 2.75) is 32.7 Å². The van der Waals surface area contributed by atoms with Crippen LogP contribution in [0.3, 0.4) is 0 Å². The fraction of sp³-hybridized carbons (Fsp3) is 0.533. The molecule has 1 aromatic carbocycles. The van der Waals surface area contributed by atoms with E-state index < -0.39 is 0 Å². The maximum Gasteiger partial charge on any atom is 0.178 e. The van der Waals surface area contributed by atoms with E-state index in [1.165, 1.54) is 19.3 Å². The van der Waals surface area contributed by atoms with Gasteiger partial charge in [0.15, 0.2) is 16.3 Å². The van der Waals surface area contributed by atoms with Crippen LogP contribution in [0.4, 0.5) is 0 Å². The van der Waals surface area contributed by atoms with Gasteiger partial charge in [-0.1, -0.05) is 6.92 Å². The molecule has 1 aliphatic rings. The molecule has 108 valence electrons. The standard InChI is InChI=1S/C15H20N2O2S/c1-4-15(5-6-15)9-17-11-8-13(19-3)12(18-2)7-10(11)16-14(17)20/h7-8H,4-6,9H2,1-3H3,(H,16,20). The van der Waals surface area contributed by atoms with E-state index in [1.54, 1.807) is 14.2 Å². The largest absolute Gasteiger partial charge is 0.493 e. The zero-order valence-corrected chi connectivity index (χ0v) is 13.0. The number of hydrogen-bond donors (Lipinski definition) is 1. The van der Waals surface area contributed by atoms with E-state index in [4.69, 9.17) is 21.7 Å². The van der Waals surface area contributed by atoms with Gasteiger partial charge in [0.1, 0.15) is 0 Å². The maximum absolute atomic E-state index is 5.48. The van der Waals surface area contributed by atoms with Crippen LogP contribution in [0.25, 0.3) is 11.0 Å². The van der Waals surface area contributed by atoms with Crippen molar-refractivity contribution < 1.29 is 9.47 Å². The Bertz CT molecular complexity index is 698. The SMILES string of the molecule is CCC1(Cn2c(=S)[nH]c3cc(OC)c(OC)cc32)CC1. The predicted octanol–water partition coefficient (Wildman–Crippen LogP) is 3.91. The highest BCUT2D eigenvalue weighted by Crippen LogP contribution is 2.50. The van der Waals surface area contributed by atoms with Gasteiger partial charge in [-0.05, 0) is 36.9 Å². The molecule has 1 aromatic heterocycles. The van der Waals surface area contributed by atoms with Crippen LogP contribution in [0.2, 0.25) is 0 Å². The molecule has 0 spiro atoms. The van der Waals surface area contributed by atoms with Gasteiger partial charge in [0.05, 0.1) is 25.3 Å². The first-order chi connectivity index (χ1) is 9.62. The molecule has 4 nitrogen and oxygen atoms in total. The van der Waals surface area contributed by atoms with Gasteiger partial charge in [-0.2, -0.15) is 0 Å². The van der Waals surface area contributed by atoms with E-state index in [0.717, 1.165) is 33.8 Å². The summed E-state index contributed by atoms with van der Waals surface area (Å²) in [6, 6.07) is 3.96. The number of nitrogens with zero attached hydrogens (tertiary/aromatic N) is 1. The number of benzene rings is 1. The van der Waals surface area contributed by atoms with E-state index >= 15 is 0 Å². The van der Waals surface area contributed by atoms with E-state index in [9.17, 15) is 0 Å². The van der Waals surface area contributed by atoms with Gasteiger partial charge in [-0.3, -0.25) is 0 Å². The minimum Gasteiger partial charge on any atom is -0.493 e. The lowest BCUT2D eigenvalue weighted by Gasteiger charge is -2.14. The third-order valence-electron chi connectivity index (χ3n) is 4.48. The van der Waals surface area contributed by atoms with Gasteiger partial charge in [0, 0.05) is 18.7 Å². The highest BCUT2D eigenvalue weighted by molar-refractivity contribution is 7.71. The lowest BCUT2D eigenvalue weighted by Crippen LogP contribution is -2.10. The lowest BCUT2D eigenvalue weighted by molar-refractivity contribution is 0.355. The number of rotatable bonds is 5. The zero-order chi connectivity index (χ0) is 14.3. The molecular formula is C15H20N2O2S. The van der Waals surface area contributed by atoms with Gasteiger partial charge in [-0.15, -0.1) is 0 Å². The zero-order valence-electron chi connectivity index (χ0n) is 12.2. The summed E-state index contributed by atoms with van der Waals surface area (Å²) >= 11 is 5.48. The number of hydrogen-bond acceptors (Lipinski definition) is 3. The average molecular weight is 292 g/mol. The first kappa shape index (κ1) is 13.5. The van der Waals surface area contributed by atoms with Crippen molar-refractivity contribution >= 4 is 23.3 Å². The van der Waals surface area contributed by atoms with E-state index in [-0.39, 0.29) is 0 Å². The summed E-state index contributed by atoms with van der Waals surface area (Å²) in [5.41, 5.74) is 2.53. The van der Waals surface area contributed by atoms with Crippen LogP contribution in [-0.4, -0.2) is 23.8 Å². The molecule has 5 heteroatoms. The van der Waals surface area contributed by atoms with Crippen molar-refractivity contribution in [2.75, 3.05) is 14.2 Å². The van der Waals surface area contributed by atoms with Crippen LogP contribution < -0.4 is 9.47 Å². The Kier molecular flexibility index (Phi) is 3.24. The molecule has 20 heavy (non-hydrogen) atoms. The summed E-state index contributed by atoms with van der Waals surface area (Å²) < 4.78 is 13.7. The van der Waals surface area contributed by atoms with Crippen molar-refractivity contribution in [2.24, 2.45) is 5.41 Å². The van der Waals surface area contributed by atoms with Crippen molar-refractivity contribution in [1.29, 1.82) is 0 Å². The van der Waals surface area contributed by atoms with Crippen molar-refractivity contribution in [3.8, 4) is 11.5 Å². The molecule has 0 bridgehead atoms. The first-order valence-corrected chi connectivity index (χ1v) is 7.38. The number of nitrogens with one attached hydrogen (secondary N) is 1. The first-order valence-electron chi connectivity index (χ1n) is 6.97. The third kappa shape index (κ3) is 2.10. The monoisotopic (exact) mass is 292 g/mol. The molecule has 1 fully saturated rings. The van der Waals surface area contributed by atoms with Gasteiger partial charge in [-0.25, -0.2) is 0 Å². The highest BCUT2D eigenvalue weighted by atomic mass is 32.1. The molecule has 1 aliphatic carbocycles. The van der Waals surface area contributed by atoms with Crippen LogP contribution in [0, 0.1) is 10.2 Å². The minimum absolute atomic E-state index is 0.445. The van der Waals surface area contributed by atoms with Gasteiger partial charge in [0.2, 0.25) is 0 Å². The number of imidazole rings is 1. The third-order valence-corrected chi connectivity index (χ3v) is 4.80. The van der Waals surface area contributed by atoms with Crippen molar-refractivity contribution in [3.63, 3.8) is 0 Å². The lowest BCUT2D eigenvalue weighted by atomic mass is 10.0. The van der Waals surface area contributed by atoms with Gasteiger partial charge in [0.25, 0.3) is 0 Å². The average Bonchev–Trinajstić information content (AvgIpc) is 3.18. The van der Waals surface area contributed by atoms with Crippen LogP contribution >= 0.6 is 12.2 Å². The second kappa shape index (κ2) is 4.81. The molecular weight excluding hydrogens is 272 g/mol. The second-order valence-electron chi connectivity index (χ2n) is 5.59. The molecule has 1 saturated carbocycles. The Morgan fingerprint density at radius 3 is 2.45 bits per heavy atom. The van der Waals surface area contributed by atoms with Crippen LogP contribution in [0.1, 0.15) is 26.2 Å². The summed E-state index contributed by atoms with van der Waals surface area (Å²) in [5.74, 6) is 1.46. The fourth-order valence-corrected chi connectivity index (χ4v) is 3.05. The Hall–Kier alpha value is -1.49. The number of aromatic amines is 1.